The molecule has 16 heavy (non-hydrogen) atoms. The average Bonchev–Trinajstić information content (AvgIpc) is 2.25. The van der Waals surface area contributed by atoms with Crippen molar-refractivity contribution in [1.29, 1.82) is 0 Å². The first-order valence-electron chi connectivity index (χ1n) is 5.60. The van der Waals surface area contributed by atoms with Crippen molar-refractivity contribution >= 4 is 5.82 Å². The number of H-pyrrole nitrogens is 1. The summed E-state index contributed by atoms with van der Waals surface area (Å²) in [6.45, 7) is 6.49. The van der Waals surface area contributed by atoms with Crippen LogP contribution in [0.5, 0.6) is 0 Å². The maximum Gasteiger partial charge on any atom is 0.252 e. The molecule has 0 saturated heterocycles. The minimum absolute atomic E-state index is 0.148. The molecule has 5 nitrogen and oxygen atoms in total. The number of nitrogens with two attached hydrogens (primary N) is 1. The van der Waals surface area contributed by atoms with Crippen LogP contribution in [0.3, 0.4) is 0 Å². The van der Waals surface area contributed by atoms with Gasteiger partial charge in [0.25, 0.3) is 5.56 Å². The van der Waals surface area contributed by atoms with Crippen LogP contribution in [0.1, 0.15) is 32.5 Å². The second kappa shape index (κ2) is 5.12. The van der Waals surface area contributed by atoms with Gasteiger partial charge in [-0.1, -0.05) is 13.8 Å². The molecule has 0 spiro atoms. The number of rotatable bonds is 5. The highest BCUT2D eigenvalue weighted by atomic mass is 16.1. The zero-order valence-corrected chi connectivity index (χ0v) is 10.1. The summed E-state index contributed by atoms with van der Waals surface area (Å²) in [6.07, 6.45) is 1.78. The van der Waals surface area contributed by atoms with Gasteiger partial charge in [0.1, 0.15) is 11.6 Å². The molecule has 0 amide bonds. The molecule has 4 N–H and O–H groups in total. The highest BCUT2D eigenvalue weighted by Crippen LogP contribution is 2.11. The summed E-state index contributed by atoms with van der Waals surface area (Å²) < 4.78 is 0. The Kier molecular flexibility index (Phi) is 4.06. The van der Waals surface area contributed by atoms with Gasteiger partial charge in [-0.25, -0.2) is 4.98 Å². The number of anilines is 1. The third-order valence-electron chi connectivity index (χ3n) is 2.89. The summed E-state index contributed by atoms with van der Waals surface area (Å²) >= 11 is 0. The standard InChI is InChI=1S/C11H20N4O/c1-4-11(12,5-2)7-13-9-6-10(16)15-8(3)14-9/h6H,4-5,7,12H2,1-3H3,(H2,13,14,15,16). The molecule has 0 aliphatic carbocycles. The summed E-state index contributed by atoms with van der Waals surface area (Å²) in [5.74, 6) is 1.18. The number of aryl methyl sites for hydroxylation is 1. The smallest absolute Gasteiger partial charge is 0.252 e. The van der Waals surface area contributed by atoms with Crippen molar-refractivity contribution in [1.82, 2.24) is 9.97 Å². The highest BCUT2D eigenvalue weighted by Gasteiger charge is 2.19. The molecule has 0 bridgehead atoms. The van der Waals surface area contributed by atoms with E-state index in [1.165, 1.54) is 6.07 Å². The van der Waals surface area contributed by atoms with E-state index in [0.29, 0.717) is 18.2 Å². The second-order valence-corrected chi connectivity index (χ2v) is 4.14. The van der Waals surface area contributed by atoms with Crippen LogP contribution in [0, 0.1) is 6.92 Å². The number of hydrogen-bond acceptors (Lipinski definition) is 4. The van der Waals surface area contributed by atoms with Gasteiger partial charge in [0, 0.05) is 18.2 Å². The molecule has 0 fully saturated rings. The first-order valence-corrected chi connectivity index (χ1v) is 5.60. The SMILES string of the molecule is CCC(N)(CC)CNc1cc(=O)[nH]c(C)n1. The molecule has 0 aromatic carbocycles. The predicted octanol–water partition coefficient (Wildman–Crippen LogP) is 1.01. The highest BCUT2D eigenvalue weighted by molar-refractivity contribution is 5.33. The van der Waals surface area contributed by atoms with Gasteiger partial charge >= 0.3 is 0 Å². The van der Waals surface area contributed by atoms with Gasteiger partial charge in [-0.05, 0) is 19.8 Å². The van der Waals surface area contributed by atoms with Crippen molar-refractivity contribution in [2.45, 2.75) is 39.2 Å². The molecule has 1 aromatic heterocycles. The van der Waals surface area contributed by atoms with Gasteiger partial charge in [0.2, 0.25) is 0 Å². The minimum Gasteiger partial charge on any atom is -0.368 e. The van der Waals surface area contributed by atoms with E-state index >= 15 is 0 Å². The zero-order chi connectivity index (χ0) is 12.2. The van der Waals surface area contributed by atoms with Gasteiger partial charge < -0.3 is 16.0 Å². The molecular formula is C11H20N4O. The fourth-order valence-corrected chi connectivity index (χ4v) is 1.44. The fraction of sp³-hybridized carbons (Fsp3) is 0.636. The number of hydrogen-bond donors (Lipinski definition) is 3. The van der Waals surface area contributed by atoms with E-state index in [9.17, 15) is 4.79 Å². The number of aromatic nitrogens is 2. The predicted molar refractivity (Wildman–Crippen MR) is 65.6 cm³/mol. The molecule has 0 aliphatic rings. The van der Waals surface area contributed by atoms with Crippen LogP contribution in [-0.4, -0.2) is 22.1 Å². The van der Waals surface area contributed by atoms with Crippen LogP contribution in [0.25, 0.3) is 0 Å². The van der Waals surface area contributed by atoms with Crippen molar-refractivity contribution < 1.29 is 0 Å². The van der Waals surface area contributed by atoms with Crippen molar-refractivity contribution in [2.75, 3.05) is 11.9 Å². The van der Waals surface area contributed by atoms with Crippen molar-refractivity contribution in [2.24, 2.45) is 5.73 Å². The zero-order valence-electron chi connectivity index (χ0n) is 10.1. The Hall–Kier alpha value is -1.36. The van der Waals surface area contributed by atoms with Gasteiger partial charge in [0.05, 0.1) is 0 Å². The summed E-state index contributed by atoms with van der Waals surface area (Å²) in [4.78, 5) is 18.0. The summed E-state index contributed by atoms with van der Waals surface area (Å²) in [6, 6.07) is 1.44. The Balaban J connectivity index is 2.71. The van der Waals surface area contributed by atoms with E-state index in [1.54, 1.807) is 6.92 Å². The molecule has 0 saturated carbocycles. The van der Waals surface area contributed by atoms with E-state index < -0.39 is 0 Å². The molecule has 90 valence electrons. The van der Waals surface area contributed by atoms with E-state index in [2.05, 4.69) is 29.1 Å². The Morgan fingerprint density at radius 1 is 1.50 bits per heavy atom. The summed E-state index contributed by atoms with van der Waals surface area (Å²) in [7, 11) is 0. The van der Waals surface area contributed by atoms with Crippen LogP contribution in [-0.2, 0) is 0 Å². The van der Waals surface area contributed by atoms with Crippen LogP contribution < -0.4 is 16.6 Å². The van der Waals surface area contributed by atoms with Crippen LogP contribution >= 0.6 is 0 Å². The molecule has 5 heteroatoms. The second-order valence-electron chi connectivity index (χ2n) is 4.14. The van der Waals surface area contributed by atoms with Crippen molar-refractivity contribution in [3.8, 4) is 0 Å². The lowest BCUT2D eigenvalue weighted by Gasteiger charge is -2.27. The third-order valence-corrected chi connectivity index (χ3v) is 2.89. The van der Waals surface area contributed by atoms with Crippen molar-refractivity contribution in [3.05, 3.63) is 22.2 Å². The van der Waals surface area contributed by atoms with Crippen LogP contribution in [0.4, 0.5) is 5.82 Å². The van der Waals surface area contributed by atoms with E-state index in [1.807, 2.05) is 0 Å². The van der Waals surface area contributed by atoms with E-state index in [4.69, 9.17) is 5.73 Å². The Bertz CT molecular complexity index is 395. The normalized spacial score (nSPS) is 11.5. The maximum absolute atomic E-state index is 11.2. The monoisotopic (exact) mass is 224 g/mol. The van der Waals surface area contributed by atoms with E-state index in [0.717, 1.165) is 12.8 Å². The molecule has 1 rings (SSSR count). The van der Waals surface area contributed by atoms with Crippen molar-refractivity contribution in [3.63, 3.8) is 0 Å². The lowest BCUT2D eigenvalue weighted by atomic mass is 9.94. The van der Waals surface area contributed by atoms with Crippen LogP contribution in [0.2, 0.25) is 0 Å². The molecule has 0 aliphatic heterocycles. The topological polar surface area (TPSA) is 83.8 Å². The molecule has 0 atom stereocenters. The minimum atomic E-state index is -0.238. The largest absolute Gasteiger partial charge is 0.368 e. The number of nitrogens with one attached hydrogen (secondary N) is 2. The third kappa shape index (κ3) is 3.34. The first kappa shape index (κ1) is 12.7. The maximum atomic E-state index is 11.2. The van der Waals surface area contributed by atoms with Gasteiger partial charge in [-0.2, -0.15) is 0 Å². The van der Waals surface area contributed by atoms with Crippen LogP contribution in [0.15, 0.2) is 10.9 Å². The Morgan fingerprint density at radius 3 is 2.62 bits per heavy atom. The van der Waals surface area contributed by atoms with E-state index in [-0.39, 0.29) is 11.1 Å². The molecule has 0 unspecified atom stereocenters. The molecule has 1 aromatic rings. The molecule has 0 radical (unpaired) electrons. The van der Waals surface area contributed by atoms with Gasteiger partial charge in [0.15, 0.2) is 0 Å². The average molecular weight is 224 g/mol. The lowest BCUT2D eigenvalue weighted by Crippen LogP contribution is -2.45. The first-order chi connectivity index (χ1) is 7.49. The number of nitrogens with zero attached hydrogens (tertiary/aromatic N) is 1. The lowest BCUT2D eigenvalue weighted by molar-refractivity contribution is 0.418. The summed E-state index contributed by atoms with van der Waals surface area (Å²) in [5.41, 5.74) is 5.76. The summed E-state index contributed by atoms with van der Waals surface area (Å²) in [5, 5.41) is 3.11. The quantitative estimate of drug-likeness (QED) is 0.697. The van der Waals surface area contributed by atoms with Gasteiger partial charge in [-0.3, -0.25) is 4.79 Å². The molecular weight excluding hydrogens is 204 g/mol. The Labute approximate surface area is 95.5 Å². The number of aromatic amines is 1. The van der Waals surface area contributed by atoms with Gasteiger partial charge in [-0.15, -0.1) is 0 Å². The fourth-order valence-electron chi connectivity index (χ4n) is 1.44. The molecule has 1 heterocycles. The Morgan fingerprint density at radius 2 is 2.12 bits per heavy atom.